The molecule has 0 bridgehead atoms. The maximum absolute atomic E-state index is 11.4. The predicted molar refractivity (Wildman–Crippen MR) is 69.9 cm³/mol. The summed E-state index contributed by atoms with van der Waals surface area (Å²) in [6.45, 7) is 6.84. The molecule has 0 radical (unpaired) electrons. The molecule has 3 heteroatoms. The van der Waals surface area contributed by atoms with Crippen molar-refractivity contribution in [3.63, 3.8) is 0 Å². The molecule has 0 heterocycles. The molecule has 1 fully saturated rings. The van der Waals surface area contributed by atoms with Gasteiger partial charge in [0, 0.05) is 6.54 Å². The first-order valence-corrected chi connectivity index (χ1v) is 6.88. The van der Waals surface area contributed by atoms with Gasteiger partial charge in [0.2, 0.25) is 5.91 Å². The van der Waals surface area contributed by atoms with E-state index < -0.39 is 0 Å². The van der Waals surface area contributed by atoms with Gasteiger partial charge in [-0.15, -0.1) is 0 Å². The summed E-state index contributed by atoms with van der Waals surface area (Å²) in [4.78, 5) is 11.4. The van der Waals surface area contributed by atoms with Gasteiger partial charge in [-0.05, 0) is 39.5 Å². The standard InChI is InChI=1S/C14H27NO2/c1-14(2,3)17-11-13(16)15-10-6-9-12-7-4-5-8-12/h12H,4-11H2,1-3H3,(H,15,16). The molecule has 1 amide bonds. The minimum atomic E-state index is -0.235. The number of hydrogen-bond acceptors (Lipinski definition) is 2. The molecule has 0 saturated heterocycles. The summed E-state index contributed by atoms with van der Waals surface area (Å²) < 4.78 is 5.41. The number of rotatable bonds is 6. The Morgan fingerprint density at radius 2 is 1.94 bits per heavy atom. The first kappa shape index (κ1) is 14.5. The molecule has 17 heavy (non-hydrogen) atoms. The molecule has 0 aliphatic heterocycles. The Labute approximate surface area is 105 Å². The molecule has 0 aromatic heterocycles. The van der Waals surface area contributed by atoms with Crippen molar-refractivity contribution in [3.05, 3.63) is 0 Å². The molecule has 0 aromatic carbocycles. The third kappa shape index (κ3) is 7.37. The van der Waals surface area contributed by atoms with Gasteiger partial charge in [0.15, 0.2) is 0 Å². The van der Waals surface area contributed by atoms with E-state index >= 15 is 0 Å². The zero-order valence-corrected chi connectivity index (χ0v) is 11.6. The van der Waals surface area contributed by atoms with Crippen LogP contribution in [0.3, 0.4) is 0 Å². The lowest BCUT2D eigenvalue weighted by Gasteiger charge is -2.19. The molecular weight excluding hydrogens is 214 g/mol. The highest BCUT2D eigenvalue weighted by Crippen LogP contribution is 2.28. The van der Waals surface area contributed by atoms with E-state index in [1.165, 1.54) is 32.1 Å². The smallest absolute Gasteiger partial charge is 0.246 e. The SMILES string of the molecule is CC(C)(C)OCC(=O)NCCCC1CCCC1. The second-order valence-electron chi connectivity index (χ2n) is 6.04. The predicted octanol–water partition coefficient (Wildman–Crippen LogP) is 2.89. The Morgan fingerprint density at radius 1 is 1.29 bits per heavy atom. The minimum Gasteiger partial charge on any atom is -0.366 e. The molecule has 100 valence electrons. The van der Waals surface area contributed by atoms with Gasteiger partial charge in [0.25, 0.3) is 0 Å². The van der Waals surface area contributed by atoms with Gasteiger partial charge in [-0.1, -0.05) is 25.7 Å². The van der Waals surface area contributed by atoms with E-state index in [9.17, 15) is 4.79 Å². The second-order valence-corrected chi connectivity index (χ2v) is 6.04. The summed E-state index contributed by atoms with van der Waals surface area (Å²) >= 11 is 0. The fraction of sp³-hybridized carbons (Fsp3) is 0.929. The largest absolute Gasteiger partial charge is 0.366 e. The Hall–Kier alpha value is -0.570. The highest BCUT2D eigenvalue weighted by Gasteiger charge is 2.15. The summed E-state index contributed by atoms with van der Waals surface area (Å²) in [7, 11) is 0. The van der Waals surface area contributed by atoms with Crippen molar-refractivity contribution in [2.24, 2.45) is 5.92 Å². The van der Waals surface area contributed by atoms with E-state index in [0.717, 1.165) is 18.9 Å². The summed E-state index contributed by atoms with van der Waals surface area (Å²) in [6, 6.07) is 0. The average molecular weight is 241 g/mol. The summed E-state index contributed by atoms with van der Waals surface area (Å²) in [6.07, 6.45) is 7.95. The van der Waals surface area contributed by atoms with Crippen molar-refractivity contribution >= 4 is 5.91 Å². The van der Waals surface area contributed by atoms with E-state index in [4.69, 9.17) is 4.74 Å². The fourth-order valence-corrected chi connectivity index (χ4v) is 2.25. The maximum Gasteiger partial charge on any atom is 0.246 e. The average Bonchev–Trinajstić information content (AvgIpc) is 2.73. The van der Waals surface area contributed by atoms with Gasteiger partial charge < -0.3 is 10.1 Å². The first-order chi connectivity index (χ1) is 7.97. The quantitative estimate of drug-likeness (QED) is 0.726. The van der Waals surface area contributed by atoms with Crippen molar-refractivity contribution < 1.29 is 9.53 Å². The lowest BCUT2D eigenvalue weighted by atomic mass is 10.0. The molecule has 1 rings (SSSR count). The number of carbonyl (C=O) groups excluding carboxylic acids is 1. The van der Waals surface area contributed by atoms with E-state index in [-0.39, 0.29) is 18.1 Å². The van der Waals surface area contributed by atoms with Gasteiger partial charge in [0.1, 0.15) is 6.61 Å². The maximum atomic E-state index is 11.4. The van der Waals surface area contributed by atoms with Gasteiger partial charge >= 0.3 is 0 Å². The van der Waals surface area contributed by atoms with E-state index in [0.29, 0.717) is 0 Å². The van der Waals surface area contributed by atoms with Crippen molar-refractivity contribution in [2.75, 3.05) is 13.2 Å². The molecule has 0 aromatic rings. The summed E-state index contributed by atoms with van der Waals surface area (Å²) in [5.74, 6) is 0.920. The van der Waals surface area contributed by atoms with Crippen molar-refractivity contribution in [2.45, 2.75) is 64.9 Å². The molecule has 1 aliphatic rings. The van der Waals surface area contributed by atoms with Gasteiger partial charge in [-0.25, -0.2) is 0 Å². The highest BCUT2D eigenvalue weighted by atomic mass is 16.5. The minimum absolute atomic E-state index is 0.00588. The molecule has 0 spiro atoms. The number of amides is 1. The number of hydrogen-bond donors (Lipinski definition) is 1. The van der Waals surface area contributed by atoms with Crippen LogP contribution >= 0.6 is 0 Å². The number of ether oxygens (including phenoxy) is 1. The molecule has 0 atom stereocenters. The van der Waals surface area contributed by atoms with Crippen LogP contribution in [0.15, 0.2) is 0 Å². The zero-order chi connectivity index (χ0) is 12.7. The summed E-state index contributed by atoms with van der Waals surface area (Å²) in [5, 5.41) is 2.92. The molecular formula is C14H27NO2. The van der Waals surface area contributed by atoms with Crippen molar-refractivity contribution in [3.8, 4) is 0 Å². The lowest BCUT2D eigenvalue weighted by molar-refractivity contribution is -0.130. The number of carbonyl (C=O) groups is 1. The Kier molecular flexibility index (Phi) is 5.96. The monoisotopic (exact) mass is 241 g/mol. The number of nitrogens with one attached hydrogen (secondary N) is 1. The molecule has 0 unspecified atom stereocenters. The third-order valence-electron chi connectivity index (χ3n) is 3.22. The normalized spacial score (nSPS) is 17.4. The van der Waals surface area contributed by atoms with Crippen LogP contribution in [0.25, 0.3) is 0 Å². The zero-order valence-electron chi connectivity index (χ0n) is 11.6. The van der Waals surface area contributed by atoms with Crippen LogP contribution in [0.2, 0.25) is 0 Å². The van der Waals surface area contributed by atoms with Gasteiger partial charge in [0.05, 0.1) is 5.60 Å². The lowest BCUT2D eigenvalue weighted by Crippen LogP contribution is -2.32. The Morgan fingerprint density at radius 3 is 2.53 bits per heavy atom. The van der Waals surface area contributed by atoms with E-state index in [1.807, 2.05) is 20.8 Å². The molecule has 1 N–H and O–H groups in total. The van der Waals surface area contributed by atoms with Crippen molar-refractivity contribution in [1.82, 2.24) is 5.32 Å². The molecule has 1 saturated carbocycles. The van der Waals surface area contributed by atoms with Crippen LogP contribution in [0.5, 0.6) is 0 Å². The third-order valence-corrected chi connectivity index (χ3v) is 3.22. The molecule has 3 nitrogen and oxygen atoms in total. The Bertz CT molecular complexity index is 227. The summed E-state index contributed by atoms with van der Waals surface area (Å²) in [5.41, 5.74) is -0.235. The first-order valence-electron chi connectivity index (χ1n) is 6.88. The van der Waals surface area contributed by atoms with E-state index in [1.54, 1.807) is 0 Å². The van der Waals surface area contributed by atoms with Crippen LogP contribution in [0, 0.1) is 5.92 Å². The second kappa shape index (κ2) is 7.00. The molecule has 1 aliphatic carbocycles. The van der Waals surface area contributed by atoms with E-state index in [2.05, 4.69) is 5.32 Å². The Balaban J connectivity index is 1.96. The van der Waals surface area contributed by atoms with Gasteiger partial charge in [-0.2, -0.15) is 0 Å². The van der Waals surface area contributed by atoms with Crippen LogP contribution < -0.4 is 5.32 Å². The van der Waals surface area contributed by atoms with Crippen LogP contribution in [0.1, 0.15) is 59.3 Å². The van der Waals surface area contributed by atoms with Crippen LogP contribution in [-0.2, 0) is 9.53 Å². The van der Waals surface area contributed by atoms with Crippen LogP contribution in [-0.4, -0.2) is 24.7 Å². The van der Waals surface area contributed by atoms with Crippen molar-refractivity contribution in [1.29, 1.82) is 0 Å². The van der Waals surface area contributed by atoms with Crippen LogP contribution in [0.4, 0.5) is 0 Å². The highest BCUT2D eigenvalue weighted by molar-refractivity contribution is 5.77. The fourth-order valence-electron chi connectivity index (χ4n) is 2.25. The topological polar surface area (TPSA) is 38.3 Å². The van der Waals surface area contributed by atoms with Gasteiger partial charge in [-0.3, -0.25) is 4.79 Å².